The standard InChI is InChI=1S/C22H18F4O3S2/c1-14(2)15-7-10-17(11-8-15)31(27,28)21-12-9-16(29-22(24,25)26)13-20(21)30-19-6-4-3-5-18(19)23/h3-14H,1-2H3. The Bertz CT molecular complexity index is 1170. The molecule has 9 heteroatoms. The Balaban J connectivity index is 2.10. The second-order valence-electron chi connectivity index (χ2n) is 6.92. The van der Waals surface area contributed by atoms with Gasteiger partial charge in [0.1, 0.15) is 11.6 Å². The number of benzene rings is 3. The van der Waals surface area contributed by atoms with Crippen molar-refractivity contribution in [1.82, 2.24) is 0 Å². The van der Waals surface area contributed by atoms with Crippen LogP contribution in [-0.4, -0.2) is 14.8 Å². The van der Waals surface area contributed by atoms with Crippen LogP contribution in [-0.2, 0) is 9.84 Å². The second kappa shape index (κ2) is 8.92. The van der Waals surface area contributed by atoms with Gasteiger partial charge < -0.3 is 4.74 Å². The average molecular weight is 471 g/mol. The first-order chi connectivity index (χ1) is 14.5. The molecule has 3 nitrogen and oxygen atoms in total. The van der Waals surface area contributed by atoms with Crippen LogP contribution in [0.15, 0.2) is 86.3 Å². The highest BCUT2D eigenvalue weighted by molar-refractivity contribution is 8.00. The zero-order chi connectivity index (χ0) is 22.8. The molecule has 0 aliphatic heterocycles. The van der Waals surface area contributed by atoms with Crippen molar-refractivity contribution in [3.8, 4) is 5.75 Å². The summed E-state index contributed by atoms with van der Waals surface area (Å²) in [5, 5.41) is 0. The molecule has 0 bridgehead atoms. The number of sulfone groups is 1. The van der Waals surface area contributed by atoms with Crippen LogP contribution in [0.4, 0.5) is 17.6 Å². The molecule has 0 aromatic heterocycles. The van der Waals surface area contributed by atoms with Crippen molar-refractivity contribution < 1.29 is 30.7 Å². The molecule has 3 aromatic rings. The Morgan fingerprint density at radius 2 is 1.55 bits per heavy atom. The lowest BCUT2D eigenvalue weighted by atomic mass is 10.0. The second-order valence-corrected chi connectivity index (χ2v) is 9.92. The van der Waals surface area contributed by atoms with Crippen LogP contribution in [0.5, 0.6) is 5.75 Å². The van der Waals surface area contributed by atoms with E-state index in [4.69, 9.17) is 0 Å². The summed E-state index contributed by atoms with van der Waals surface area (Å²) < 4.78 is 82.5. The summed E-state index contributed by atoms with van der Waals surface area (Å²) >= 11 is 0.709. The van der Waals surface area contributed by atoms with E-state index in [-0.39, 0.29) is 25.5 Å². The molecule has 3 rings (SSSR count). The van der Waals surface area contributed by atoms with Crippen molar-refractivity contribution in [2.24, 2.45) is 0 Å². The van der Waals surface area contributed by atoms with E-state index in [1.54, 1.807) is 18.2 Å². The summed E-state index contributed by atoms with van der Waals surface area (Å²) in [6.07, 6.45) is -4.95. The Morgan fingerprint density at radius 1 is 0.903 bits per heavy atom. The molecule has 0 unspecified atom stereocenters. The molecule has 0 heterocycles. The van der Waals surface area contributed by atoms with Gasteiger partial charge in [-0.15, -0.1) is 13.2 Å². The largest absolute Gasteiger partial charge is 0.573 e. The van der Waals surface area contributed by atoms with Gasteiger partial charge in [0.2, 0.25) is 9.84 Å². The third-order valence-electron chi connectivity index (χ3n) is 4.35. The number of rotatable bonds is 6. The van der Waals surface area contributed by atoms with Crippen molar-refractivity contribution in [3.05, 3.63) is 78.1 Å². The highest BCUT2D eigenvalue weighted by Crippen LogP contribution is 2.39. The van der Waals surface area contributed by atoms with E-state index in [2.05, 4.69) is 4.74 Å². The number of halogens is 4. The van der Waals surface area contributed by atoms with Gasteiger partial charge in [0, 0.05) is 9.79 Å². The molecule has 164 valence electrons. The number of alkyl halides is 3. The quantitative estimate of drug-likeness (QED) is 0.370. The predicted octanol–water partition coefficient (Wildman–Crippen LogP) is 6.83. The van der Waals surface area contributed by atoms with Crippen molar-refractivity contribution in [1.29, 1.82) is 0 Å². The molecule has 0 saturated carbocycles. The predicted molar refractivity (Wildman–Crippen MR) is 110 cm³/mol. The molecular formula is C22H18F4O3S2. The minimum Gasteiger partial charge on any atom is -0.406 e. The minimum absolute atomic E-state index is 0.0169. The molecular weight excluding hydrogens is 452 g/mol. The van der Waals surface area contributed by atoms with E-state index in [0.717, 1.165) is 23.8 Å². The third-order valence-corrected chi connectivity index (χ3v) is 7.42. The summed E-state index contributed by atoms with van der Waals surface area (Å²) in [5.41, 5.74) is 0.939. The lowest BCUT2D eigenvalue weighted by Gasteiger charge is -2.15. The zero-order valence-electron chi connectivity index (χ0n) is 16.5. The molecule has 0 radical (unpaired) electrons. The summed E-state index contributed by atoms with van der Waals surface area (Å²) in [6.45, 7) is 3.93. The van der Waals surface area contributed by atoms with Crippen molar-refractivity contribution in [2.45, 2.75) is 45.7 Å². The Hall–Kier alpha value is -2.52. The van der Waals surface area contributed by atoms with Gasteiger partial charge >= 0.3 is 6.36 Å². The van der Waals surface area contributed by atoms with E-state index in [0.29, 0.717) is 11.8 Å². The first-order valence-corrected chi connectivity index (χ1v) is 11.4. The van der Waals surface area contributed by atoms with Crippen molar-refractivity contribution in [2.75, 3.05) is 0 Å². The Morgan fingerprint density at radius 3 is 2.13 bits per heavy atom. The number of hydrogen-bond donors (Lipinski definition) is 0. The van der Waals surface area contributed by atoms with Gasteiger partial charge in [-0.05, 0) is 53.9 Å². The maximum absolute atomic E-state index is 14.1. The zero-order valence-corrected chi connectivity index (χ0v) is 18.1. The fourth-order valence-corrected chi connectivity index (χ4v) is 5.46. The maximum atomic E-state index is 14.1. The topological polar surface area (TPSA) is 43.4 Å². The summed E-state index contributed by atoms with van der Waals surface area (Å²) in [7, 11) is -4.09. The number of ether oxygens (including phenoxy) is 1. The minimum atomic E-state index is -4.95. The summed E-state index contributed by atoms with van der Waals surface area (Å²) in [5.74, 6) is -1.03. The lowest BCUT2D eigenvalue weighted by Crippen LogP contribution is -2.17. The third kappa shape index (κ3) is 5.59. The van der Waals surface area contributed by atoms with Crippen LogP contribution in [0.25, 0.3) is 0 Å². The van der Waals surface area contributed by atoms with E-state index >= 15 is 0 Å². The SMILES string of the molecule is CC(C)c1ccc(S(=O)(=O)c2ccc(OC(F)(F)F)cc2Sc2ccccc2F)cc1. The molecule has 0 aliphatic carbocycles. The van der Waals surface area contributed by atoms with Gasteiger partial charge in [-0.25, -0.2) is 12.8 Å². The monoisotopic (exact) mass is 470 g/mol. The molecule has 0 fully saturated rings. The fourth-order valence-electron chi connectivity index (χ4n) is 2.79. The van der Waals surface area contributed by atoms with Gasteiger partial charge in [-0.3, -0.25) is 0 Å². The van der Waals surface area contributed by atoms with Crippen LogP contribution in [0.2, 0.25) is 0 Å². The van der Waals surface area contributed by atoms with E-state index in [1.165, 1.54) is 30.3 Å². The maximum Gasteiger partial charge on any atom is 0.573 e. The van der Waals surface area contributed by atoms with Gasteiger partial charge in [-0.1, -0.05) is 49.9 Å². The Labute approximate surface area is 182 Å². The van der Waals surface area contributed by atoms with Gasteiger partial charge in [-0.2, -0.15) is 0 Å². The highest BCUT2D eigenvalue weighted by atomic mass is 32.2. The normalized spacial score (nSPS) is 12.2. The van der Waals surface area contributed by atoms with Crippen LogP contribution in [0.1, 0.15) is 25.3 Å². The van der Waals surface area contributed by atoms with Crippen LogP contribution < -0.4 is 4.74 Å². The summed E-state index contributed by atoms with van der Waals surface area (Å²) in [4.78, 5) is -0.276. The van der Waals surface area contributed by atoms with Crippen LogP contribution in [0.3, 0.4) is 0 Å². The molecule has 0 saturated heterocycles. The van der Waals surface area contributed by atoms with Gasteiger partial charge in [0.25, 0.3) is 0 Å². The Kier molecular flexibility index (Phi) is 6.66. The van der Waals surface area contributed by atoms with E-state index in [1.807, 2.05) is 13.8 Å². The molecule has 31 heavy (non-hydrogen) atoms. The molecule has 3 aromatic carbocycles. The molecule has 0 aliphatic rings. The molecule has 0 spiro atoms. The van der Waals surface area contributed by atoms with Crippen LogP contribution >= 0.6 is 11.8 Å². The van der Waals surface area contributed by atoms with Gasteiger partial charge in [0.05, 0.1) is 9.79 Å². The molecule has 0 N–H and O–H groups in total. The highest BCUT2D eigenvalue weighted by Gasteiger charge is 2.32. The molecule has 0 amide bonds. The van der Waals surface area contributed by atoms with Crippen molar-refractivity contribution >= 4 is 21.6 Å². The summed E-state index contributed by atoms with van der Waals surface area (Å²) in [6, 6.07) is 14.7. The van der Waals surface area contributed by atoms with Crippen molar-refractivity contribution in [3.63, 3.8) is 0 Å². The van der Waals surface area contributed by atoms with E-state index < -0.39 is 27.8 Å². The van der Waals surface area contributed by atoms with Crippen LogP contribution in [0, 0.1) is 5.82 Å². The average Bonchev–Trinajstić information content (AvgIpc) is 2.68. The first kappa shape index (κ1) is 23.1. The van der Waals surface area contributed by atoms with E-state index in [9.17, 15) is 26.0 Å². The smallest absolute Gasteiger partial charge is 0.406 e. The number of hydrogen-bond acceptors (Lipinski definition) is 4. The fraction of sp³-hybridized carbons (Fsp3) is 0.182. The van der Waals surface area contributed by atoms with Gasteiger partial charge in [0.15, 0.2) is 0 Å². The molecule has 0 atom stereocenters. The lowest BCUT2D eigenvalue weighted by molar-refractivity contribution is -0.274. The first-order valence-electron chi connectivity index (χ1n) is 9.14.